The number of carbonyl (C=O) groups excluding carboxylic acids is 1. The lowest BCUT2D eigenvalue weighted by molar-refractivity contribution is -0.870. The van der Waals surface area contributed by atoms with Crippen molar-refractivity contribution in [3.8, 4) is 0 Å². The van der Waals surface area contributed by atoms with Crippen LogP contribution >= 0.6 is 0 Å². The van der Waals surface area contributed by atoms with Crippen LogP contribution in [0.2, 0.25) is 0 Å². The molecular formula is C20H42NO+. The highest BCUT2D eigenvalue weighted by Gasteiger charge is 2.04. The largest absolute Gasteiger partial charge is 0.331 e. The Morgan fingerprint density at radius 1 is 0.591 bits per heavy atom. The minimum absolute atomic E-state index is 0.345. The molecule has 0 aliphatic heterocycles. The number of rotatable bonds is 16. The molecule has 2 heteroatoms. The predicted molar refractivity (Wildman–Crippen MR) is 98.2 cm³/mol. The first-order valence-electron chi connectivity index (χ1n) is 9.72. The number of hydrogen-bond donors (Lipinski definition) is 0. The van der Waals surface area contributed by atoms with E-state index in [0.29, 0.717) is 5.78 Å². The van der Waals surface area contributed by atoms with Gasteiger partial charge in [0, 0.05) is 6.42 Å². The molecule has 0 aliphatic carbocycles. The van der Waals surface area contributed by atoms with Crippen LogP contribution in [0.15, 0.2) is 0 Å². The molecule has 0 saturated carbocycles. The van der Waals surface area contributed by atoms with E-state index in [0.717, 1.165) is 17.3 Å². The Morgan fingerprint density at radius 3 is 1.23 bits per heavy atom. The van der Waals surface area contributed by atoms with E-state index in [1.165, 1.54) is 83.6 Å². The SMILES string of the molecule is CC(=O)CCCCCCCCCCCCCCC[N+](C)(C)C. The first-order valence-corrected chi connectivity index (χ1v) is 9.72. The van der Waals surface area contributed by atoms with Crippen molar-refractivity contribution in [1.82, 2.24) is 0 Å². The van der Waals surface area contributed by atoms with E-state index in [2.05, 4.69) is 21.1 Å². The topological polar surface area (TPSA) is 17.1 Å². The first-order chi connectivity index (χ1) is 10.4. The monoisotopic (exact) mass is 312 g/mol. The number of unbranched alkanes of at least 4 members (excludes halogenated alkanes) is 12. The lowest BCUT2D eigenvalue weighted by atomic mass is 10.0. The zero-order valence-electron chi connectivity index (χ0n) is 16.0. The Morgan fingerprint density at radius 2 is 0.909 bits per heavy atom. The van der Waals surface area contributed by atoms with Gasteiger partial charge in [-0.15, -0.1) is 0 Å². The quantitative estimate of drug-likeness (QED) is 0.262. The number of ketones is 1. The molecule has 0 atom stereocenters. The minimum atomic E-state index is 0.345. The number of nitrogens with zero attached hydrogens (tertiary/aromatic N) is 1. The summed E-state index contributed by atoms with van der Waals surface area (Å²) in [6.07, 6.45) is 18.6. The van der Waals surface area contributed by atoms with Gasteiger partial charge in [0.1, 0.15) is 5.78 Å². The molecule has 0 N–H and O–H groups in total. The van der Waals surface area contributed by atoms with Crippen molar-refractivity contribution in [3.63, 3.8) is 0 Å². The number of hydrogen-bond acceptors (Lipinski definition) is 1. The zero-order chi connectivity index (χ0) is 16.7. The number of Topliss-reactive ketones (excluding diaryl/α,β-unsaturated/α-hetero) is 1. The summed E-state index contributed by atoms with van der Waals surface area (Å²) >= 11 is 0. The normalized spacial score (nSPS) is 11.8. The molecule has 0 bridgehead atoms. The van der Waals surface area contributed by atoms with Crippen LogP contribution in [0.3, 0.4) is 0 Å². The van der Waals surface area contributed by atoms with E-state index in [9.17, 15) is 4.79 Å². The van der Waals surface area contributed by atoms with Crippen LogP contribution in [0.4, 0.5) is 0 Å². The van der Waals surface area contributed by atoms with Crippen molar-refractivity contribution in [1.29, 1.82) is 0 Å². The average Bonchev–Trinajstić information content (AvgIpc) is 2.41. The molecule has 0 rings (SSSR count). The van der Waals surface area contributed by atoms with Gasteiger partial charge in [0.2, 0.25) is 0 Å². The van der Waals surface area contributed by atoms with Crippen LogP contribution in [0.1, 0.15) is 96.8 Å². The summed E-state index contributed by atoms with van der Waals surface area (Å²) < 4.78 is 1.11. The third kappa shape index (κ3) is 19.6. The molecule has 0 amide bonds. The zero-order valence-corrected chi connectivity index (χ0v) is 16.0. The summed E-state index contributed by atoms with van der Waals surface area (Å²) in [6, 6.07) is 0. The van der Waals surface area contributed by atoms with E-state index < -0.39 is 0 Å². The van der Waals surface area contributed by atoms with Gasteiger partial charge in [0.15, 0.2) is 0 Å². The second-order valence-electron chi connectivity index (χ2n) is 8.06. The second kappa shape index (κ2) is 14.2. The average molecular weight is 313 g/mol. The van der Waals surface area contributed by atoms with Crippen molar-refractivity contribution in [3.05, 3.63) is 0 Å². The molecule has 0 aromatic carbocycles. The standard InChI is InChI=1S/C20H42NO/c1-20(22)18-16-14-12-10-8-6-5-7-9-11-13-15-17-19-21(2,3)4/h5-19H2,1-4H3/q+1. The number of quaternary nitrogens is 1. The van der Waals surface area contributed by atoms with Crippen LogP contribution in [-0.4, -0.2) is 38.0 Å². The lowest BCUT2D eigenvalue weighted by Gasteiger charge is -2.23. The van der Waals surface area contributed by atoms with Crippen LogP contribution in [0.5, 0.6) is 0 Å². The highest BCUT2D eigenvalue weighted by atomic mass is 16.1. The van der Waals surface area contributed by atoms with Gasteiger partial charge in [-0.1, -0.05) is 64.2 Å². The highest BCUT2D eigenvalue weighted by Crippen LogP contribution is 2.13. The van der Waals surface area contributed by atoms with Crippen LogP contribution in [-0.2, 0) is 4.79 Å². The molecule has 0 saturated heterocycles. The summed E-state index contributed by atoms with van der Waals surface area (Å²) in [6.45, 7) is 3.01. The molecular weight excluding hydrogens is 270 g/mol. The second-order valence-corrected chi connectivity index (χ2v) is 8.06. The van der Waals surface area contributed by atoms with Crippen molar-refractivity contribution < 1.29 is 9.28 Å². The van der Waals surface area contributed by atoms with E-state index in [4.69, 9.17) is 0 Å². The molecule has 2 nitrogen and oxygen atoms in total. The lowest BCUT2D eigenvalue weighted by Crippen LogP contribution is -2.35. The smallest absolute Gasteiger partial charge is 0.129 e. The van der Waals surface area contributed by atoms with Crippen molar-refractivity contribution in [2.45, 2.75) is 96.8 Å². The van der Waals surface area contributed by atoms with Gasteiger partial charge in [-0.25, -0.2) is 0 Å². The Bertz CT molecular complexity index is 255. The van der Waals surface area contributed by atoms with Crippen molar-refractivity contribution in [2.24, 2.45) is 0 Å². The molecule has 0 radical (unpaired) electrons. The molecule has 0 unspecified atom stereocenters. The van der Waals surface area contributed by atoms with Crippen molar-refractivity contribution >= 4 is 5.78 Å². The van der Waals surface area contributed by atoms with Gasteiger partial charge in [-0.05, 0) is 26.2 Å². The highest BCUT2D eigenvalue weighted by molar-refractivity contribution is 5.75. The summed E-state index contributed by atoms with van der Waals surface area (Å²) in [5, 5.41) is 0. The van der Waals surface area contributed by atoms with Crippen LogP contribution in [0, 0.1) is 0 Å². The van der Waals surface area contributed by atoms with E-state index in [1.54, 1.807) is 6.92 Å². The Balaban J connectivity index is 3.04. The van der Waals surface area contributed by atoms with Crippen LogP contribution < -0.4 is 0 Å². The molecule has 132 valence electrons. The summed E-state index contributed by atoms with van der Waals surface area (Å²) in [5.74, 6) is 0.345. The molecule has 0 spiro atoms. The predicted octanol–water partition coefficient (Wildman–Crippen LogP) is 5.74. The van der Waals surface area contributed by atoms with E-state index in [-0.39, 0.29) is 0 Å². The maximum atomic E-state index is 10.8. The third-order valence-corrected chi connectivity index (χ3v) is 4.36. The Hall–Kier alpha value is -0.370. The first kappa shape index (κ1) is 21.6. The summed E-state index contributed by atoms with van der Waals surface area (Å²) in [7, 11) is 6.84. The summed E-state index contributed by atoms with van der Waals surface area (Å²) in [4.78, 5) is 10.8. The Kier molecular flexibility index (Phi) is 14.0. The van der Waals surface area contributed by atoms with Gasteiger partial charge >= 0.3 is 0 Å². The van der Waals surface area contributed by atoms with Gasteiger partial charge in [0.25, 0.3) is 0 Å². The molecule has 0 aliphatic rings. The van der Waals surface area contributed by atoms with Gasteiger partial charge in [-0.3, -0.25) is 0 Å². The molecule has 0 aromatic rings. The third-order valence-electron chi connectivity index (χ3n) is 4.36. The van der Waals surface area contributed by atoms with Gasteiger partial charge in [-0.2, -0.15) is 0 Å². The fraction of sp³-hybridized carbons (Fsp3) is 0.950. The minimum Gasteiger partial charge on any atom is -0.331 e. The molecule has 22 heavy (non-hydrogen) atoms. The summed E-state index contributed by atoms with van der Waals surface area (Å²) in [5.41, 5.74) is 0. The number of carbonyl (C=O) groups is 1. The molecule has 0 fully saturated rings. The van der Waals surface area contributed by atoms with Gasteiger partial charge < -0.3 is 9.28 Å². The van der Waals surface area contributed by atoms with Crippen LogP contribution in [0.25, 0.3) is 0 Å². The van der Waals surface area contributed by atoms with Gasteiger partial charge in [0.05, 0.1) is 27.7 Å². The maximum absolute atomic E-state index is 10.8. The molecule has 0 heterocycles. The fourth-order valence-corrected chi connectivity index (χ4v) is 2.90. The fourth-order valence-electron chi connectivity index (χ4n) is 2.90. The van der Waals surface area contributed by atoms with E-state index in [1.807, 2.05) is 0 Å². The maximum Gasteiger partial charge on any atom is 0.129 e. The van der Waals surface area contributed by atoms with Crippen molar-refractivity contribution in [2.75, 3.05) is 27.7 Å². The van der Waals surface area contributed by atoms with E-state index >= 15 is 0 Å². The molecule has 0 aromatic heterocycles. The Labute approximate surface area is 140 Å².